The van der Waals surface area contributed by atoms with Gasteiger partial charge in [0.2, 0.25) is 29.5 Å². The van der Waals surface area contributed by atoms with Gasteiger partial charge in [-0.2, -0.15) is 11.8 Å². The van der Waals surface area contributed by atoms with Gasteiger partial charge in [0.1, 0.15) is 23.9 Å². The molecule has 0 aliphatic rings. The standard InChI is InChI=1S/C29H39BrN6O6S/c1-17(34-28(41)22(31)14-18-7-9-21(37)10-8-18)27(40)33-16-25(38)35-23(15-19-5-4-6-20(30)13-19)29(42)36(2)24(26(32)39)11-12-43-3/h4-10,13,17,22-24,37H,11-12,14-16,31H2,1-3H3,(H2,32,39)(H,33,40)(H,34,41)(H,35,38)/t17-,22+,23+,24+/m1/s1. The number of nitrogens with two attached hydrogens (primary N) is 2. The zero-order valence-corrected chi connectivity index (χ0v) is 26.7. The lowest BCUT2D eigenvalue weighted by Gasteiger charge is -2.30. The highest BCUT2D eigenvalue weighted by molar-refractivity contribution is 9.10. The average Bonchev–Trinajstić information content (AvgIpc) is 2.96. The third-order valence-corrected chi connectivity index (χ3v) is 7.74. The van der Waals surface area contributed by atoms with Crippen LogP contribution in [0.2, 0.25) is 0 Å². The first-order valence-electron chi connectivity index (χ1n) is 13.5. The van der Waals surface area contributed by atoms with Crippen molar-refractivity contribution in [1.82, 2.24) is 20.9 Å². The maximum absolute atomic E-state index is 13.5. The topological polar surface area (TPSA) is 197 Å². The van der Waals surface area contributed by atoms with Gasteiger partial charge in [-0.15, -0.1) is 0 Å². The number of hydrogen-bond acceptors (Lipinski definition) is 8. The van der Waals surface area contributed by atoms with Gasteiger partial charge in [0, 0.05) is 17.9 Å². The molecule has 0 radical (unpaired) electrons. The second kappa shape index (κ2) is 17.5. The van der Waals surface area contributed by atoms with Crippen molar-refractivity contribution in [3.05, 3.63) is 64.1 Å². The highest BCUT2D eigenvalue weighted by Gasteiger charge is 2.31. The first kappa shape index (κ1) is 35.6. The maximum atomic E-state index is 13.5. The molecule has 2 aromatic carbocycles. The third-order valence-electron chi connectivity index (χ3n) is 6.61. The number of nitrogens with one attached hydrogen (secondary N) is 3. The van der Waals surface area contributed by atoms with Crippen LogP contribution < -0.4 is 27.4 Å². The number of halogens is 1. The molecule has 0 aliphatic heterocycles. The number of nitrogens with zero attached hydrogens (tertiary/aromatic N) is 1. The van der Waals surface area contributed by atoms with Gasteiger partial charge in [-0.05, 0) is 67.2 Å². The van der Waals surface area contributed by atoms with Gasteiger partial charge in [-0.25, -0.2) is 0 Å². The zero-order chi connectivity index (χ0) is 32.1. The van der Waals surface area contributed by atoms with Crippen molar-refractivity contribution in [1.29, 1.82) is 0 Å². The van der Waals surface area contributed by atoms with Crippen LogP contribution in [0.1, 0.15) is 24.5 Å². The zero-order valence-electron chi connectivity index (χ0n) is 24.3. The fraction of sp³-hybridized carbons (Fsp3) is 0.414. The third kappa shape index (κ3) is 11.9. The molecule has 43 heavy (non-hydrogen) atoms. The molecule has 0 aliphatic carbocycles. The molecule has 8 N–H and O–H groups in total. The van der Waals surface area contributed by atoms with Crippen LogP contribution in [0.25, 0.3) is 0 Å². The van der Waals surface area contributed by atoms with Crippen molar-refractivity contribution in [2.75, 3.05) is 25.6 Å². The van der Waals surface area contributed by atoms with Gasteiger partial charge in [0.05, 0.1) is 12.6 Å². The van der Waals surface area contributed by atoms with E-state index >= 15 is 0 Å². The molecule has 0 saturated carbocycles. The van der Waals surface area contributed by atoms with Crippen molar-refractivity contribution >= 4 is 57.2 Å². The normalized spacial score (nSPS) is 13.6. The van der Waals surface area contributed by atoms with Gasteiger partial charge in [0.25, 0.3) is 0 Å². The van der Waals surface area contributed by atoms with E-state index in [1.54, 1.807) is 24.3 Å². The van der Waals surface area contributed by atoms with Crippen LogP contribution in [-0.4, -0.2) is 89.3 Å². The summed E-state index contributed by atoms with van der Waals surface area (Å²) in [6.45, 7) is 0.988. The Morgan fingerprint density at radius 2 is 1.67 bits per heavy atom. The van der Waals surface area contributed by atoms with Gasteiger partial charge in [0.15, 0.2) is 0 Å². The van der Waals surface area contributed by atoms with E-state index in [0.29, 0.717) is 12.2 Å². The van der Waals surface area contributed by atoms with Gasteiger partial charge >= 0.3 is 0 Å². The summed E-state index contributed by atoms with van der Waals surface area (Å²) >= 11 is 4.91. The second-order valence-electron chi connectivity index (χ2n) is 10.0. The number of amides is 5. The van der Waals surface area contributed by atoms with E-state index in [1.807, 2.05) is 18.4 Å². The summed E-state index contributed by atoms with van der Waals surface area (Å²) in [5.74, 6) is -2.29. The van der Waals surface area contributed by atoms with E-state index < -0.39 is 60.2 Å². The minimum absolute atomic E-state index is 0.0907. The molecule has 0 fully saturated rings. The van der Waals surface area contributed by atoms with E-state index in [2.05, 4.69) is 31.9 Å². The Kier molecular flexibility index (Phi) is 14.5. The Labute approximate surface area is 263 Å². The molecule has 14 heteroatoms. The molecule has 0 aromatic heterocycles. The number of rotatable bonds is 16. The van der Waals surface area contributed by atoms with Gasteiger partial charge < -0.3 is 37.4 Å². The molecule has 0 saturated heterocycles. The summed E-state index contributed by atoms with van der Waals surface area (Å²) in [6.07, 6.45) is 2.55. The molecule has 5 amide bonds. The SMILES string of the molecule is CSCC[C@@H](C(N)=O)N(C)C(=O)[C@H](Cc1cccc(Br)c1)NC(=O)CNC(=O)[C@@H](C)NC(=O)[C@@H](N)Cc1ccc(O)cc1. The predicted octanol–water partition coefficient (Wildman–Crippen LogP) is 0.438. The molecule has 12 nitrogen and oxygen atoms in total. The fourth-order valence-corrected chi connectivity index (χ4v) is 5.09. The number of thioether (sulfide) groups is 1. The smallest absolute Gasteiger partial charge is 0.245 e. The molecule has 2 rings (SSSR count). The molecular weight excluding hydrogens is 640 g/mol. The quantitative estimate of drug-likeness (QED) is 0.147. The molecule has 4 atom stereocenters. The van der Waals surface area contributed by atoms with Crippen LogP contribution >= 0.6 is 27.7 Å². The minimum Gasteiger partial charge on any atom is -0.508 e. The lowest BCUT2D eigenvalue weighted by molar-refractivity contribution is -0.141. The summed E-state index contributed by atoms with van der Waals surface area (Å²) in [6, 6.07) is 9.64. The summed E-state index contributed by atoms with van der Waals surface area (Å²) in [5, 5.41) is 17.0. The number of hydrogen-bond donors (Lipinski definition) is 6. The molecule has 2 aromatic rings. The van der Waals surface area contributed by atoms with Gasteiger partial charge in [-0.3, -0.25) is 24.0 Å². The molecule has 0 unspecified atom stereocenters. The van der Waals surface area contributed by atoms with Crippen molar-refractivity contribution < 1.29 is 29.1 Å². The number of aromatic hydroxyl groups is 1. The Bertz CT molecular complexity index is 1280. The van der Waals surface area contributed by atoms with Crippen molar-refractivity contribution in [3.8, 4) is 5.75 Å². The minimum atomic E-state index is -1.05. The monoisotopic (exact) mass is 678 g/mol. The van der Waals surface area contributed by atoms with Crippen LogP contribution in [0.5, 0.6) is 5.75 Å². The average molecular weight is 680 g/mol. The fourth-order valence-electron chi connectivity index (χ4n) is 4.19. The van der Waals surface area contributed by atoms with Crippen LogP contribution in [0.3, 0.4) is 0 Å². The number of likely N-dealkylation sites (N-methyl/N-ethyl adjacent to an activating group) is 1. The van der Waals surface area contributed by atoms with Crippen LogP contribution in [-0.2, 0) is 36.8 Å². The summed E-state index contributed by atoms with van der Waals surface area (Å²) in [7, 11) is 1.47. The number of benzene rings is 2. The number of carbonyl (C=O) groups is 5. The Morgan fingerprint density at radius 1 is 1.00 bits per heavy atom. The summed E-state index contributed by atoms with van der Waals surface area (Å²) < 4.78 is 0.789. The van der Waals surface area contributed by atoms with Crippen molar-refractivity contribution in [2.24, 2.45) is 11.5 Å². The molecular formula is C29H39BrN6O6S. The summed E-state index contributed by atoms with van der Waals surface area (Å²) in [5.41, 5.74) is 13.0. The highest BCUT2D eigenvalue weighted by Crippen LogP contribution is 2.16. The van der Waals surface area contributed by atoms with Crippen molar-refractivity contribution in [2.45, 2.75) is 50.4 Å². The van der Waals surface area contributed by atoms with E-state index in [1.165, 1.54) is 42.8 Å². The maximum Gasteiger partial charge on any atom is 0.245 e. The van der Waals surface area contributed by atoms with E-state index in [4.69, 9.17) is 11.5 Å². The summed E-state index contributed by atoms with van der Waals surface area (Å²) in [4.78, 5) is 64.8. The van der Waals surface area contributed by atoms with Crippen LogP contribution in [0, 0.1) is 0 Å². The highest BCUT2D eigenvalue weighted by atomic mass is 79.9. The number of primary amides is 1. The number of carbonyl (C=O) groups excluding carboxylic acids is 5. The molecule has 0 bridgehead atoms. The number of phenols is 1. The molecule has 0 heterocycles. The first-order valence-corrected chi connectivity index (χ1v) is 15.7. The lowest BCUT2D eigenvalue weighted by Crippen LogP contribution is -2.56. The Morgan fingerprint density at radius 3 is 2.28 bits per heavy atom. The van der Waals surface area contributed by atoms with E-state index in [9.17, 15) is 29.1 Å². The van der Waals surface area contributed by atoms with Crippen molar-refractivity contribution in [3.63, 3.8) is 0 Å². The Balaban J connectivity index is 2.01. The van der Waals surface area contributed by atoms with E-state index in [-0.39, 0.29) is 18.6 Å². The molecule has 0 spiro atoms. The van der Waals surface area contributed by atoms with E-state index in [0.717, 1.165) is 15.6 Å². The Hall–Kier alpha value is -3.62. The predicted molar refractivity (Wildman–Crippen MR) is 169 cm³/mol. The second-order valence-corrected chi connectivity index (χ2v) is 11.9. The van der Waals surface area contributed by atoms with Crippen LogP contribution in [0.15, 0.2) is 53.0 Å². The number of phenolic OH excluding ortho intramolecular Hbond substituents is 1. The largest absolute Gasteiger partial charge is 0.508 e. The van der Waals surface area contributed by atoms with Gasteiger partial charge in [-0.1, -0.05) is 40.2 Å². The molecule has 234 valence electrons. The lowest BCUT2D eigenvalue weighted by atomic mass is 10.0. The van der Waals surface area contributed by atoms with Crippen LogP contribution in [0.4, 0.5) is 0 Å². The first-order chi connectivity index (χ1) is 20.3.